The molecule has 9 nitrogen and oxygen atoms in total. The number of aromatic hydroxyl groups is 1. The highest BCUT2D eigenvalue weighted by Crippen LogP contribution is 2.48. The van der Waals surface area contributed by atoms with Crippen LogP contribution in [0, 0.1) is 6.92 Å². The summed E-state index contributed by atoms with van der Waals surface area (Å²) in [5.74, 6) is 2.03. The summed E-state index contributed by atoms with van der Waals surface area (Å²) in [6.07, 6.45) is 1.56. The molecule has 0 unspecified atom stereocenters. The molecule has 9 heteroatoms. The molecule has 0 aliphatic carbocycles. The van der Waals surface area contributed by atoms with Crippen molar-refractivity contribution in [2.24, 2.45) is 5.16 Å². The Balaban J connectivity index is 1.37. The molecule has 6 rings (SSSR count). The Morgan fingerprint density at radius 3 is 2.63 bits per heavy atom. The minimum absolute atomic E-state index is 0.0954. The number of aryl methyl sites for hydroxylation is 1. The van der Waals surface area contributed by atoms with Gasteiger partial charge in [0.05, 0.1) is 18.4 Å². The molecule has 1 N–H and O–H groups in total. The first-order valence-corrected chi connectivity index (χ1v) is 12.1. The summed E-state index contributed by atoms with van der Waals surface area (Å²) in [6.45, 7) is 4.04. The van der Waals surface area contributed by atoms with Gasteiger partial charge in [-0.25, -0.2) is 14.5 Å². The molecule has 38 heavy (non-hydrogen) atoms. The number of fused-ring (bicyclic) bond motifs is 4. The number of hydrogen-bond donors (Lipinski definition) is 1. The van der Waals surface area contributed by atoms with Gasteiger partial charge in [0.15, 0.2) is 18.1 Å². The topological polar surface area (TPSA) is 103 Å². The van der Waals surface area contributed by atoms with E-state index >= 15 is 0 Å². The van der Waals surface area contributed by atoms with E-state index in [2.05, 4.69) is 15.2 Å². The Morgan fingerprint density at radius 1 is 1.08 bits per heavy atom. The van der Waals surface area contributed by atoms with Gasteiger partial charge in [0.1, 0.15) is 23.6 Å². The fourth-order valence-corrected chi connectivity index (χ4v) is 4.59. The van der Waals surface area contributed by atoms with Gasteiger partial charge >= 0.3 is 0 Å². The second-order valence-electron chi connectivity index (χ2n) is 9.11. The number of phenolic OH excluding ortho intramolecular Hbond substituents is 1. The van der Waals surface area contributed by atoms with E-state index in [1.54, 1.807) is 30.1 Å². The Hall–Kier alpha value is -4.92. The Kier molecular flexibility index (Phi) is 5.88. The summed E-state index contributed by atoms with van der Waals surface area (Å²) in [7, 11) is 1.64. The van der Waals surface area contributed by atoms with Crippen molar-refractivity contribution >= 4 is 11.4 Å². The third-order valence-corrected chi connectivity index (χ3v) is 6.55. The van der Waals surface area contributed by atoms with Gasteiger partial charge in [-0.2, -0.15) is 0 Å². The number of oxime groups is 1. The van der Waals surface area contributed by atoms with E-state index in [-0.39, 0.29) is 18.3 Å². The second kappa shape index (κ2) is 9.51. The standard InChI is InChI=1S/C29H25N5O4/c1-17-4-6-19(7-5-17)18(2)33-37-15-25-31-28-27-26(20-8-11-22(36-3)12-9-20)23-13-10-21(35)14-24(23)38-29(27)30-16-34(28)32-25/h4-14,16,26,35H,15H2,1-3H3/b33-18+/t26-/m0/s1. The van der Waals surface area contributed by atoms with Gasteiger partial charge in [-0.1, -0.05) is 53.2 Å². The van der Waals surface area contributed by atoms with Crippen LogP contribution in [0.4, 0.5) is 0 Å². The Labute approximate surface area is 219 Å². The molecule has 0 spiro atoms. The minimum Gasteiger partial charge on any atom is -0.508 e. The fraction of sp³-hybridized carbons (Fsp3) is 0.172. The molecular formula is C29H25N5O4. The zero-order valence-corrected chi connectivity index (χ0v) is 21.1. The Morgan fingerprint density at radius 2 is 1.87 bits per heavy atom. The van der Waals surface area contributed by atoms with Crippen LogP contribution in [0.5, 0.6) is 23.1 Å². The monoisotopic (exact) mass is 507 g/mol. The van der Waals surface area contributed by atoms with Gasteiger partial charge < -0.3 is 19.4 Å². The van der Waals surface area contributed by atoms with Crippen LogP contribution in [0.1, 0.15) is 46.5 Å². The number of rotatable bonds is 6. The lowest BCUT2D eigenvalue weighted by Crippen LogP contribution is -2.15. The highest BCUT2D eigenvalue weighted by Gasteiger charge is 2.33. The Bertz CT molecular complexity index is 1660. The van der Waals surface area contributed by atoms with Gasteiger partial charge in [0, 0.05) is 17.5 Å². The molecule has 3 heterocycles. The number of ether oxygens (including phenoxy) is 2. The molecule has 3 aromatic carbocycles. The molecule has 0 radical (unpaired) electrons. The first kappa shape index (κ1) is 23.5. The summed E-state index contributed by atoms with van der Waals surface area (Å²) < 4.78 is 13.1. The first-order chi connectivity index (χ1) is 18.5. The van der Waals surface area contributed by atoms with Crippen molar-refractivity contribution < 1.29 is 19.4 Å². The number of methoxy groups -OCH3 is 1. The number of hydrogen-bond acceptors (Lipinski definition) is 8. The van der Waals surface area contributed by atoms with Crippen LogP contribution in [0.25, 0.3) is 5.65 Å². The summed E-state index contributed by atoms with van der Waals surface area (Å²) in [5, 5.41) is 18.9. The van der Waals surface area contributed by atoms with Crippen molar-refractivity contribution in [2.45, 2.75) is 26.4 Å². The number of aromatic nitrogens is 4. The molecule has 1 aliphatic rings. The molecule has 0 amide bonds. The van der Waals surface area contributed by atoms with Crippen LogP contribution < -0.4 is 9.47 Å². The highest BCUT2D eigenvalue weighted by atomic mass is 16.6. The van der Waals surface area contributed by atoms with Crippen LogP contribution in [0.15, 0.2) is 78.2 Å². The van der Waals surface area contributed by atoms with Gasteiger partial charge in [0.2, 0.25) is 5.88 Å². The van der Waals surface area contributed by atoms with Gasteiger partial charge in [-0.15, -0.1) is 5.10 Å². The first-order valence-electron chi connectivity index (χ1n) is 12.1. The van der Waals surface area contributed by atoms with Crippen LogP contribution >= 0.6 is 0 Å². The van der Waals surface area contributed by atoms with E-state index in [1.807, 2.05) is 68.4 Å². The summed E-state index contributed by atoms with van der Waals surface area (Å²) >= 11 is 0. The number of nitrogens with zero attached hydrogens (tertiary/aromatic N) is 5. The zero-order chi connectivity index (χ0) is 26.2. The second-order valence-corrected chi connectivity index (χ2v) is 9.11. The van der Waals surface area contributed by atoms with Crippen LogP contribution in [0.2, 0.25) is 0 Å². The van der Waals surface area contributed by atoms with E-state index in [0.717, 1.165) is 33.7 Å². The molecule has 5 aromatic rings. The summed E-state index contributed by atoms with van der Waals surface area (Å²) in [4.78, 5) is 14.9. The number of phenols is 1. The normalized spacial score (nSPS) is 14.5. The summed E-state index contributed by atoms with van der Waals surface area (Å²) in [5.41, 5.74) is 6.19. The van der Waals surface area contributed by atoms with Crippen LogP contribution in [-0.2, 0) is 11.4 Å². The van der Waals surface area contributed by atoms with Crippen molar-refractivity contribution in [3.63, 3.8) is 0 Å². The smallest absolute Gasteiger partial charge is 0.228 e. The van der Waals surface area contributed by atoms with E-state index in [0.29, 0.717) is 23.1 Å². The predicted molar refractivity (Wildman–Crippen MR) is 141 cm³/mol. The largest absolute Gasteiger partial charge is 0.508 e. The van der Waals surface area contributed by atoms with Crippen molar-refractivity contribution in [1.29, 1.82) is 0 Å². The lowest BCUT2D eigenvalue weighted by molar-refractivity contribution is 0.125. The average Bonchev–Trinajstić information content (AvgIpc) is 3.35. The molecule has 2 aromatic heterocycles. The van der Waals surface area contributed by atoms with Gasteiger partial charge in [-0.05, 0) is 43.2 Å². The molecular weight excluding hydrogens is 482 g/mol. The molecule has 0 saturated carbocycles. The quantitative estimate of drug-likeness (QED) is 0.239. The predicted octanol–water partition coefficient (Wildman–Crippen LogP) is 5.37. The van der Waals surface area contributed by atoms with Crippen LogP contribution in [0.3, 0.4) is 0 Å². The average molecular weight is 508 g/mol. The molecule has 0 fully saturated rings. The maximum absolute atomic E-state index is 10.1. The van der Waals surface area contributed by atoms with E-state index in [9.17, 15) is 5.11 Å². The SMILES string of the molecule is COc1ccc([C@H]2c3ccc(O)cc3Oc3ncn4nc(CO/N=C(\C)c5ccc(C)cc5)nc4c32)cc1. The van der Waals surface area contributed by atoms with E-state index in [1.165, 1.54) is 5.56 Å². The lowest BCUT2D eigenvalue weighted by Gasteiger charge is -2.28. The van der Waals surface area contributed by atoms with Crippen molar-refractivity contribution in [3.8, 4) is 23.1 Å². The molecule has 190 valence electrons. The maximum Gasteiger partial charge on any atom is 0.228 e. The highest BCUT2D eigenvalue weighted by molar-refractivity contribution is 5.98. The van der Waals surface area contributed by atoms with Gasteiger partial charge in [0.25, 0.3) is 0 Å². The van der Waals surface area contributed by atoms with Crippen molar-refractivity contribution in [1.82, 2.24) is 19.6 Å². The molecule has 0 saturated heterocycles. The van der Waals surface area contributed by atoms with Crippen molar-refractivity contribution in [3.05, 3.63) is 107 Å². The van der Waals surface area contributed by atoms with E-state index < -0.39 is 0 Å². The maximum atomic E-state index is 10.1. The molecule has 0 bridgehead atoms. The molecule has 1 atom stereocenters. The van der Waals surface area contributed by atoms with Crippen LogP contribution in [-0.4, -0.2) is 37.5 Å². The third kappa shape index (κ3) is 4.28. The van der Waals surface area contributed by atoms with Gasteiger partial charge in [-0.3, -0.25) is 0 Å². The zero-order valence-electron chi connectivity index (χ0n) is 21.1. The fourth-order valence-electron chi connectivity index (χ4n) is 4.59. The lowest BCUT2D eigenvalue weighted by atomic mass is 9.84. The molecule has 1 aliphatic heterocycles. The van der Waals surface area contributed by atoms with E-state index in [4.69, 9.17) is 19.3 Å². The summed E-state index contributed by atoms with van der Waals surface area (Å²) in [6, 6.07) is 21.0. The van der Waals surface area contributed by atoms with Crippen molar-refractivity contribution in [2.75, 3.05) is 7.11 Å². The number of benzene rings is 3. The third-order valence-electron chi connectivity index (χ3n) is 6.55. The minimum atomic E-state index is -0.253.